The van der Waals surface area contributed by atoms with E-state index in [1.807, 2.05) is 0 Å². The lowest BCUT2D eigenvalue weighted by Gasteiger charge is -2.19. The molecule has 0 aromatic carbocycles. The molecular weight excluding hydrogens is 210 g/mol. The predicted molar refractivity (Wildman–Crippen MR) is 72.0 cm³/mol. The Hall–Kier alpha value is -0.0800. The van der Waals surface area contributed by atoms with E-state index in [2.05, 4.69) is 12.2 Å². The van der Waals surface area contributed by atoms with Crippen molar-refractivity contribution in [3.63, 3.8) is 0 Å². The molecule has 1 unspecified atom stereocenters. The van der Waals surface area contributed by atoms with Gasteiger partial charge in [-0.3, -0.25) is 0 Å². The fourth-order valence-corrected chi connectivity index (χ4v) is 3.44. The first kappa shape index (κ1) is 13.4. The van der Waals surface area contributed by atoms with Crippen LogP contribution in [0.4, 0.5) is 0 Å². The van der Waals surface area contributed by atoms with Gasteiger partial charge in [0.05, 0.1) is 6.10 Å². The Morgan fingerprint density at radius 2 is 2.00 bits per heavy atom. The highest BCUT2D eigenvalue weighted by molar-refractivity contribution is 4.94. The van der Waals surface area contributed by atoms with Crippen molar-refractivity contribution in [1.29, 1.82) is 0 Å². The Bertz CT molecular complexity index is 219. The minimum Gasteiger partial charge on any atom is -0.392 e. The Morgan fingerprint density at radius 3 is 2.59 bits per heavy atom. The molecular formula is C15H29NO. The highest BCUT2D eigenvalue weighted by Crippen LogP contribution is 2.48. The normalized spacial score (nSPS) is 25.1. The third kappa shape index (κ3) is 4.26. The van der Waals surface area contributed by atoms with Gasteiger partial charge in [0.25, 0.3) is 0 Å². The highest BCUT2D eigenvalue weighted by Gasteiger charge is 2.40. The first-order valence-electron chi connectivity index (χ1n) is 7.63. The fraction of sp³-hybridized carbons (Fsp3) is 1.00. The maximum absolute atomic E-state index is 9.99. The van der Waals surface area contributed by atoms with Gasteiger partial charge in [-0.2, -0.15) is 0 Å². The third-order valence-electron chi connectivity index (χ3n) is 4.70. The summed E-state index contributed by atoms with van der Waals surface area (Å²) in [7, 11) is 0. The van der Waals surface area contributed by atoms with Gasteiger partial charge >= 0.3 is 0 Å². The number of aliphatic hydroxyl groups is 1. The van der Waals surface area contributed by atoms with Crippen LogP contribution in [0, 0.1) is 11.3 Å². The Kier molecular flexibility index (Phi) is 4.87. The first-order chi connectivity index (χ1) is 8.24. The lowest BCUT2D eigenvalue weighted by molar-refractivity contribution is 0.138. The minimum atomic E-state index is -0.115. The molecule has 2 heteroatoms. The summed E-state index contributed by atoms with van der Waals surface area (Å²) in [5.41, 5.74) is 0.613. The summed E-state index contributed by atoms with van der Waals surface area (Å²) in [6.07, 6.45) is 11.8. The summed E-state index contributed by atoms with van der Waals surface area (Å²) in [6, 6.07) is 0. The van der Waals surface area contributed by atoms with Gasteiger partial charge in [-0.05, 0) is 37.0 Å². The molecule has 0 aromatic heterocycles. The van der Waals surface area contributed by atoms with Crippen LogP contribution in [0.25, 0.3) is 0 Å². The minimum absolute atomic E-state index is 0.115. The summed E-state index contributed by atoms with van der Waals surface area (Å²) in [5, 5.41) is 13.5. The molecule has 2 rings (SSSR count). The smallest absolute Gasteiger partial charge is 0.0667 e. The van der Waals surface area contributed by atoms with E-state index < -0.39 is 0 Å². The van der Waals surface area contributed by atoms with Crippen molar-refractivity contribution in [3.05, 3.63) is 0 Å². The zero-order valence-electron chi connectivity index (χ0n) is 11.4. The fourth-order valence-electron chi connectivity index (χ4n) is 3.44. The van der Waals surface area contributed by atoms with Gasteiger partial charge in [0, 0.05) is 13.1 Å². The Labute approximate surface area is 106 Å². The summed E-state index contributed by atoms with van der Waals surface area (Å²) in [6.45, 7) is 4.21. The second kappa shape index (κ2) is 6.19. The summed E-state index contributed by atoms with van der Waals surface area (Å²) in [4.78, 5) is 0. The molecule has 0 heterocycles. The second-order valence-electron chi connectivity index (χ2n) is 6.42. The van der Waals surface area contributed by atoms with E-state index in [4.69, 9.17) is 0 Å². The van der Waals surface area contributed by atoms with Gasteiger partial charge in [-0.1, -0.05) is 39.0 Å². The summed E-state index contributed by atoms with van der Waals surface area (Å²) < 4.78 is 0. The van der Waals surface area contributed by atoms with E-state index >= 15 is 0 Å². The first-order valence-corrected chi connectivity index (χ1v) is 7.63. The maximum Gasteiger partial charge on any atom is 0.0667 e. The van der Waals surface area contributed by atoms with Crippen molar-refractivity contribution < 1.29 is 5.11 Å². The highest BCUT2D eigenvalue weighted by atomic mass is 16.3. The molecule has 2 N–H and O–H groups in total. The molecule has 0 aromatic rings. The Morgan fingerprint density at radius 1 is 1.29 bits per heavy atom. The van der Waals surface area contributed by atoms with Crippen molar-refractivity contribution in [1.82, 2.24) is 5.32 Å². The molecule has 2 saturated carbocycles. The average molecular weight is 239 g/mol. The molecule has 2 aliphatic rings. The van der Waals surface area contributed by atoms with E-state index in [0.717, 1.165) is 25.4 Å². The molecule has 0 spiro atoms. The van der Waals surface area contributed by atoms with Crippen molar-refractivity contribution in [2.24, 2.45) is 11.3 Å². The third-order valence-corrected chi connectivity index (χ3v) is 4.70. The largest absolute Gasteiger partial charge is 0.392 e. The Balaban J connectivity index is 1.55. The lowest BCUT2D eigenvalue weighted by atomic mass is 9.99. The number of aliphatic hydroxyl groups excluding tert-OH is 1. The number of hydrogen-bond acceptors (Lipinski definition) is 2. The van der Waals surface area contributed by atoms with Crippen LogP contribution in [0.2, 0.25) is 0 Å². The zero-order chi connectivity index (χ0) is 12.1. The van der Waals surface area contributed by atoms with Gasteiger partial charge in [0.2, 0.25) is 0 Å². The molecule has 0 bridgehead atoms. The van der Waals surface area contributed by atoms with Crippen molar-refractivity contribution >= 4 is 0 Å². The number of nitrogens with one attached hydrogen (secondary N) is 1. The molecule has 0 radical (unpaired) electrons. The van der Waals surface area contributed by atoms with Crippen LogP contribution in [0.5, 0.6) is 0 Å². The van der Waals surface area contributed by atoms with Gasteiger partial charge in [0.1, 0.15) is 0 Å². The van der Waals surface area contributed by atoms with Gasteiger partial charge < -0.3 is 10.4 Å². The zero-order valence-corrected chi connectivity index (χ0v) is 11.4. The van der Waals surface area contributed by atoms with Crippen molar-refractivity contribution in [2.45, 2.75) is 70.8 Å². The van der Waals surface area contributed by atoms with Gasteiger partial charge in [-0.25, -0.2) is 0 Å². The molecule has 0 aliphatic heterocycles. The molecule has 17 heavy (non-hydrogen) atoms. The molecule has 0 saturated heterocycles. The van der Waals surface area contributed by atoms with E-state index in [-0.39, 0.29) is 6.10 Å². The number of hydrogen-bond donors (Lipinski definition) is 2. The topological polar surface area (TPSA) is 32.3 Å². The molecule has 2 aliphatic carbocycles. The predicted octanol–water partition coefficient (Wildman–Crippen LogP) is 3.10. The van der Waals surface area contributed by atoms with Crippen LogP contribution in [-0.4, -0.2) is 24.3 Å². The molecule has 1 atom stereocenters. The van der Waals surface area contributed by atoms with Crippen LogP contribution in [0.3, 0.4) is 0 Å². The molecule has 0 amide bonds. The van der Waals surface area contributed by atoms with E-state index in [0.29, 0.717) is 5.41 Å². The van der Waals surface area contributed by atoms with Gasteiger partial charge in [0.15, 0.2) is 0 Å². The van der Waals surface area contributed by atoms with Crippen LogP contribution < -0.4 is 5.32 Å². The van der Waals surface area contributed by atoms with Gasteiger partial charge in [-0.15, -0.1) is 0 Å². The van der Waals surface area contributed by atoms with E-state index in [9.17, 15) is 5.11 Å². The van der Waals surface area contributed by atoms with Crippen LogP contribution in [0.15, 0.2) is 0 Å². The molecule has 2 fully saturated rings. The summed E-state index contributed by atoms with van der Waals surface area (Å²) in [5.74, 6) is 0.803. The lowest BCUT2D eigenvalue weighted by Crippen LogP contribution is -2.32. The van der Waals surface area contributed by atoms with E-state index in [1.54, 1.807) is 0 Å². The molecule has 2 nitrogen and oxygen atoms in total. The van der Waals surface area contributed by atoms with Crippen LogP contribution in [-0.2, 0) is 0 Å². The number of rotatable bonds is 8. The second-order valence-corrected chi connectivity index (χ2v) is 6.42. The van der Waals surface area contributed by atoms with Crippen molar-refractivity contribution in [2.75, 3.05) is 13.1 Å². The summed E-state index contributed by atoms with van der Waals surface area (Å²) >= 11 is 0. The standard InChI is InChI=1S/C15H29NO/c1-2-7-15(8-9-15)12-16-11-14(17)10-13-5-3-4-6-13/h13-14,16-17H,2-12H2,1H3. The van der Waals surface area contributed by atoms with E-state index in [1.165, 1.54) is 51.4 Å². The maximum atomic E-state index is 9.99. The average Bonchev–Trinajstić information content (AvgIpc) is 2.86. The quantitative estimate of drug-likeness (QED) is 0.682. The SMILES string of the molecule is CCCC1(CNCC(O)CC2CCCC2)CC1. The monoisotopic (exact) mass is 239 g/mol. The van der Waals surface area contributed by atoms with Crippen LogP contribution >= 0.6 is 0 Å². The van der Waals surface area contributed by atoms with Crippen molar-refractivity contribution in [3.8, 4) is 0 Å². The molecule has 100 valence electrons. The van der Waals surface area contributed by atoms with Crippen LogP contribution in [0.1, 0.15) is 64.7 Å².